The second-order valence-electron chi connectivity index (χ2n) is 4.08. The van der Waals surface area contributed by atoms with Crippen molar-refractivity contribution in [2.45, 2.75) is 6.54 Å². The second-order valence-corrected chi connectivity index (χ2v) is 4.93. The molecule has 2 aromatic heterocycles. The van der Waals surface area contributed by atoms with Crippen molar-refractivity contribution in [1.29, 1.82) is 0 Å². The SMILES string of the molecule is CN(Cc1nccn1C)C(=O)c1nc(F)ccc1Br. The van der Waals surface area contributed by atoms with Crippen molar-refractivity contribution in [3.05, 3.63) is 46.5 Å². The first-order valence-electron chi connectivity index (χ1n) is 5.52. The van der Waals surface area contributed by atoms with Crippen molar-refractivity contribution in [3.8, 4) is 0 Å². The van der Waals surface area contributed by atoms with Gasteiger partial charge in [0, 0.05) is 31.0 Å². The minimum absolute atomic E-state index is 0.0525. The normalized spacial score (nSPS) is 10.5. The molecule has 0 radical (unpaired) electrons. The van der Waals surface area contributed by atoms with Gasteiger partial charge in [-0.3, -0.25) is 4.79 Å². The topological polar surface area (TPSA) is 51.0 Å². The van der Waals surface area contributed by atoms with Crippen LogP contribution in [-0.4, -0.2) is 32.4 Å². The smallest absolute Gasteiger partial charge is 0.273 e. The lowest BCUT2D eigenvalue weighted by atomic mass is 10.3. The minimum Gasteiger partial charge on any atom is -0.337 e. The molecule has 0 aliphatic carbocycles. The summed E-state index contributed by atoms with van der Waals surface area (Å²) in [5.74, 6) is -0.310. The zero-order valence-electron chi connectivity index (χ0n) is 10.5. The first-order valence-corrected chi connectivity index (χ1v) is 6.32. The van der Waals surface area contributed by atoms with E-state index < -0.39 is 5.95 Å². The van der Waals surface area contributed by atoms with E-state index in [2.05, 4.69) is 25.9 Å². The molecule has 0 atom stereocenters. The Labute approximate surface area is 118 Å². The number of amides is 1. The van der Waals surface area contributed by atoms with Gasteiger partial charge < -0.3 is 9.47 Å². The maximum Gasteiger partial charge on any atom is 0.273 e. The Morgan fingerprint density at radius 1 is 1.53 bits per heavy atom. The molecule has 2 heterocycles. The van der Waals surface area contributed by atoms with Crippen molar-refractivity contribution >= 4 is 21.8 Å². The van der Waals surface area contributed by atoms with E-state index in [0.717, 1.165) is 5.82 Å². The van der Waals surface area contributed by atoms with Crippen LogP contribution in [0.3, 0.4) is 0 Å². The Morgan fingerprint density at radius 3 is 2.89 bits per heavy atom. The molecule has 2 aromatic rings. The lowest BCUT2D eigenvalue weighted by molar-refractivity contribution is 0.0772. The van der Waals surface area contributed by atoms with E-state index in [1.54, 1.807) is 19.4 Å². The van der Waals surface area contributed by atoms with Crippen molar-refractivity contribution < 1.29 is 9.18 Å². The van der Waals surface area contributed by atoms with Gasteiger partial charge in [0.15, 0.2) is 0 Å². The molecule has 0 fully saturated rings. The molecule has 0 aliphatic rings. The molecule has 7 heteroatoms. The monoisotopic (exact) mass is 326 g/mol. The molecule has 0 aliphatic heterocycles. The van der Waals surface area contributed by atoms with Crippen molar-refractivity contribution in [2.24, 2.45) is 7.05 Å². The van der Waals surface area contributed by atoms with E-state index in [1.165, 1.54) is 17.0 Å². The van der Waals surface area contributed by atoms with Gasteiger partial charge in [-0.15, -0.1) is 0 Å². The third kappa shape index (κ3) is 2.98. The summed E-state index contributed by atoms with van der Waals surface area (Å²) in [7, 11) is 3.47. The lowest BCUT2D eigenvalue weighted by Gasteiger charge is -2.17. The summed E-state index contributed by atoms with van der Waals surface area (Å²) < 4.78 is 15.4. The number of rotatable bonds is 3. The van der Waals surface area contributed by atoms with Crippen LogP contribution in [0.25, 0.3) is 0 Å². The van der Waals surface area contributed by atoms with Crippen LogP contribution in [-0.2, 0) is 13.6 Å². The summed E-state index contributed by atoms with van der Waals surface area (Å²) in [5, 5.41) is 0. The van der Waals surface area contributed by atoms with Crippen LogP contribution in [0.1, 0.15) is 16.3 Å². The maximum absolute atomic E-state index is 13.1. The van der Waals surface area contributed by atoms with Crippen LogP contribution in [0.2, 0.25) is 0 Å². The molecule has 0 saturated carbocycles. The standard InChI is InChI=1S/C12H12BrFN4O/c1-17-6-5-15-10(17)7-18(2)12(19)11-8(13)3-4-9(14)16-11/h3-6H,7H2,1-2H3. The number of aryl methyl sites for hydroxylation is 1. The zero-order valence-corrected chi connectivity index (χ0v) is 12.1. The average molecular weight is 327 g/mol. The summed E-state index contributed by atoms with van der Waals surface area (Å²) in [6.07, 6.45) is 3.45. The Hall–Kier alpha value is -1.76. The average Bonchev–Trinajstić information content (AvgIpc) is 2.77. The Balaban J connectivity index is 2.19. The quantitative estimate of drug-likeness (QED) is 0.810. The first kappa shape index (κ1) is 13.7. The lowest BCUT2D eigenvalue weighted by Crippen LogP contribution is -2.28. The van der Waals surface area contributed by atoms with Crippen molar-refractivity contribution in [1.82, 2.24) is 19.4 Å². The Morgan fingerprint density at radius 2 is 2.26 bits per heavy atom. The molecule has 100 valence electrons. The Bertz CT molecular complexity index is 614. The minimum atomic E-state index is -0.683. The second kappa shape index (κ2) is 5.48. The van der Waals surface area contributed by atoms with Gasteiger partial charge in [0.25, 0.3) is 5.91 Å². The van der Waals surface area contributed by atoms with Crippen molar-refractivity contribution in [2.75, 3.05) is 7.05 Å². The van der Waals surface area contributed by atoms with Crippen LogP contribution in [0.15, 0.2) is 29.0 Å². The van der Waals surface area contributed by atoms with Crippen LogP contribution in [0, 0.1) is 5.95 Å². The predicted octanol–water partition coefficient (Wildman–Crippen LogP) is 1.99. The van der Waals surface area contributed by atoms with Crippen LogP contribution in [0.5, 0.6) is 0 Å². The van der Waals surface area contributed by atoms with Gasteiger partial charge in [-0.05, 0) is 28.1 Å². The summed E-state index contributed by atoms with van der Waals surface area (Å²) in [5.41, 5.74) is 0.0525. The van der Waals surface area contributed by atoms with Gasteiger partial charge in [-0.25, -0.2) is 9.97 Å². The summed E-state index contributed by atoms with van der Waals surface area (Å²) in [6.45, 7) is 0.326. The maximum atomic E-state index is 13.1. The van der Waals surface area contributed by atoms with Crippen LogP contribution >= 0.6 is 15.9 Å². The molecule has 0 unspecified atom stereocenters. The van der Waals surface area contributed by atoms with E-state index in [9.17, 15) is 9.18 Å². The highest BCUT2D eigenvalue weighted by Gasteiger charge is 2.18. The molecule has 5 nitrogen and oxygen atoms in total. The van der Waals surface area contributed by atoms with Gasteiger partial charge >= 0.3 is 0 Å². The summed E-state index contributed by atoms with van der Waals surface area (Å²) in [4.78, 5) is 21.4. The third-order valence-electron chi connectivity index (χ3n) is 2.66. The van der Waals surface area contributed by atoms with Gasteiger partial charge in [0.2, 0.25) is 5.95 Å². The Kier molecular flexibility index (Phi) is 3.94. The van der Waals surface area contributed by atoms with Gasteiger partial charge in [0.1, 0.15) is 11.5 Å². The summed E-state index contributed by atoms with van der Waals surface area (Å²) in [6, 6.07) is 2.66. The van der Waals surface area contributed by atoms with E-state index in [-0.39, 0.29) is 11.6 Å². The number of pyridine rings is 1. The molecular formula is C12H12BrFN4O. The summed E-state index contributed by atoms with van der Waals surface area (Å²) >= 11 is 3.19. The fraction of sp³-hybridized carbons (Fsp3) is 0.250. The number of carbonyl (C=O) groups is 1. The number of carbonyl (C=O) groups excluding carboxylic acids is 1. The van der Waals surface area contributed by atoms with Crippen molar-refractivity contribution in [3.63, 3.8) is 0 Å². The molecule has 0 spiro atoms. The molecule has 0 bridgehead atoms. The molecule has 1 amide bonds. The largest absolute Gasteiger partial charge is 0.337 e. The molecule has 0 N–H and O–H groups in total. The first-order chi connectivity index (χ1) is 8.99. The van der Waals surface area contributed by atoms with Crippen LogP contribution < -0.4 is 0 Å². The zero-order chi connectivity index (χ0) is 14.0. The molecule has 19 heavy (non-hydrogen) atoms. The van der Waals surface area contributed by atoms with Gasteiger partial charge in [-0.1, -0.05) is 0 Å². The van der Waals surface area contributed by atoms with Gasteiger partial charge in [0.05, 0.1) is 6.54 Å². The number of aromatic nitrogens is 3. The third-order valence-corrected chi connectivity index (χ3v) is 3.30. The van der Waals surface area contributed by atoms with Gasteiger partial charge in [-0.2, -0.15) is 4.39 Å². The highest BCUT2D eigenvalue weighted by molar-refractivity contribution is 9.10. The molecule has 0 saturated heterocycles. The highest BCUT2D eigenvalue weighted by Crippen LogP contribution is 2.17. The fourth-order valence-corrected chi connectivity index (χ4v) is 1.97. The fourth-order valence-electron chi connectivity index (χ4n) is 1.58. The predicted molar refractivity (Wildman–Crippen MR) is 70.9 cm³/mol. The highest BCUT2D eigenvalue weighted by atomic mass is 79.9. The number of hydrogen-bond donors (Lipinski definition) is 0. The number of nitrogens with zero attached hydrogens (tertiary/aromatic N) is 4. The molecule has 0 aromatic carbocycles. The van der Waals surface area contributed by atoms with E-state index in [1.807, 2.05) is 11.6 Å². The number of halogens is 2. The van der Waals surface area contributed by atoms with E-state index in [4.69, 9.17) is 0 Å². The van der Waals surface area contributed by atoms with Crippen LogP contribution in [0.4, 0.5) is 4.39 Å². The van der Waals surface area contributed by atoms with E-state index in [0.29, 0.717) is 11.0 Å². The molecule has 2 rings (SSSR count). The van der Waals surface area contributed by atoms with E-state index >= 15 is 0 Å². The molecular weight excluding hydrogens is 315 g/mol. The number of hydrogen-bond acceptors (Lipinski definition) is 3. The number of imidazole rings is 1.